The first-order chi connectivity index (χ1) is 17.0. The van der Waals surface area contributed by atoms with Crippen LogP contribution in [0.2, 0.25) is 0 Å². The monoisotopic (exact) mass is 494 g/mol. The Morgan fingerprint density at radius 1 is 1.26 bits per heavy atom. The normalized spacial score (nSPS) is 20.2. The third-order valence-electron chi connectivity index (χ3n) is 5.90. The average Bonchev–Trinajstić information content (AvgIpc) is 3.25. The first-order valence-electron chi connectivity index (χ1n) is 11.4. The van der Waals surface area contributed by atoms with E-state index in [4.69, 9.17) is 15.1 Å². The number of hydrogen-bond acceptors (Lipinski definition) is 6. The smallest absolute Gasteiger partial charge is 0.261 e. The Morgan fingerprint density at radius 3 is 2.54 bits per heavy atom. The first-order valence-corrected chi connectivity index (χ1v) is 12.5. The largest absolute Gasteiger partial charge is 0.379 e. The number of pyridine rings is 1. The summed E-state index contributed by atoms with van der Waals surface area (Å²) in [5.74, 6) is 0.516. The highest BCUT2D eigenvalue weighted by Gasteiger charge is 2.29. The average molecular weight is 495 g/mol. The van der Waals surface area contributed by atoms with Gasteiger partial charge in [0.2, 0.25) is 0 Å². The molecule has 0 aliphatic carbocycles. The number of nitriles is 1. The molecular weight excluding hydrogens is 464 g/mol. The molecule has 5 rings (SSSR count). The summed E-state index contributed by atoms with van der Waals surface area (Å²) >= 11 is 0. The first kappa shape index (κ1) is 26.2. The predicted molar refractivity (Wildman–Crippen MR) is 138 cm³/mol. The number of hydrogen-bond donors (Lipinski definition) is 2. The van der Waals surface area contributed by atoms with Crippen molar-refractivity contribution in [1.82, 2.24) is 19.1 Å². The summed E-state index contributed by atoms with van der Waals surface area (Å²) in [6.07, 6.45) is 12.7. The van der Waals surface area contributed by atoms with Crippen LogP contribution in [0.3, 0.4) is 0 Å². The van der Waals surface area contributed by atoms with Gasteiger partial charge in [-0.15, -0.1) is 12.8 Å². The Labute approximate surface area is 207 Å². The molecule has 35 heavy (non-hydrogen) atoms. The van der Waals surface area contributed by atoms with Gasteiger partial charge < -0.3 is 15.0 Å². The summed E-state index contributed by atoms with van der Waals surface area (Å²) in [6, 6.07) is 11.6. The maximum absolute atomic E-state index is 12.6. The topological polar surface area (TPSA) is 116 Å². The minimum absolute atomic E-state index is 0.113. The lowest BCUT2D eigenvalue weighted by atomic mass is 10.1. The molecule has 2 fully saturated rings. The van der Waals surface area contributed by atoms with E-state index in [9.17, 15) is 9.00 Å². The van der Waals surface area contributed by atoms with Crippen molar-refractivity contribution in [3.05, 3.63) is 46.9 Å². The molecule has 10 heteroatoms. The fourth-order valence-electron chi connectivity index (χ4n) is 4.05. The van der Waals surface area contributed by atoms with E-state index in [1.807, 2.05) is 39.3 Å². The number of anilines is 2. The molecule has 0 amide bonds. The van der Waals surface area contributed by atoms with Gasteiger partial charge in [-0.3, -0.25) is 9.48 Å². The SMILES string of the molecule is C#C.CC#N.CC1CCN1S(=O)c1ccc(Nc2nn([C@@H]3CCCOC3)c3cc[nH]c(=O)c23)cc1. The highest BCUT2D eigenvalue weighted by molar-refractivity contribution is 7.82. The second-order valence-corrected chi connectivity index (χ2v) is 9.57. The number of aromatic nitrogens is 3. The minimum Gasteiger partial charge on any atom is -0.379 e. The van der Waals surface area contributed by atoms with E-state index in [1.54, 1.807) is 12.3 Å². The molecule has 3 atom stereocenters. The van der Waals surface area contributed by atoms with Crippen molar-refractivity contribution in [2.75, 3.05) is 25.1 Å². The highest BCUT2D eigenvalue weighted by Crippen LogP contribution is 2.29. The van der Waals surface area contributed by atoms with Crippen molar-refractivity contribution in [2.24, 2.45) is 0 Å². The van der Waals surface area contributed by atoms with Gasteiger partial charge in [0.25, 0.3) is 5.56 Å². The number of rotatable bonds is 5. The quantitative estimate of drug-likeness (QED) is 0.522. The molecule has 2 aliphatic rings. The molecule has 2 N–H and O–H groups in total. The van der Waals surface area contributed by atoms with Crippen LogP contribution in [0.25, 0.3) is 10.9 Å². The molecule has 2 aliphatic heterocycles. The molecule has 0 spiro atoms. The van der Waals surface area contributed by atoms with Crippen LogP contribution in [-0.4, -0.2) is 49.1 Å². The Balaban J connectivity index is 0.000000638. The molecule has 0 radical (unpaired) electrons. The van der Waals surface area contributed by atoms with E-state index in [0.717, 1.165) is 48.5 Å². The van der Waals surface area contributed by atoms with Gasteiger partial charge in [0.05, 0.1) is 29.1 Å². The lowest BCUT2D eigenvalue weighted by Crippen LogP contribution is -2.46. The molecule has 2 saturated heterocycles. The Bertz CT molecular complexity index is 1270. The van der Waals surface area contributed by atoms with Gasteiger partial charge >= 0.3 is 0 Å². The van der Waals surface area contributed by atoms with Crippen molar-refractivity contribution < 1.29 is 8.95 Å². The number of nitrogens with one attached hydrogen (secondary N) is 2. The van der Waals surface area contributed by atoms with Crippen LogP contribution in [0.5, 0.6) is 0 Å². The van der Waals surface area contributed by atoms with Crippen molar-refractivity contribution in [3.63, 3.8) is 0 Å². The fraction of sp³-hybridized carbons (Fsp3) is 0.400. The zero-order valence-electron chi connectivity index (χ0n) is 19.9. The summed E-state index contributed by atoms with van der Waals surface area (Å²) in [7, 11) is -1.13. The second kappa shape index (κ2) is 12.3. The number of fused-ring (bicyclic) bond motifs is 1. The van der Waals surface area contributed by atoms with Gasteiger partial charge in [-0.1, -0.05) is 0 Å². The molecule has 4 heterocycles. The van der Waals surface area contributed by atoms with E-state index in [0.29, 0.717) is 23.9 Å². The molecular formula is C25H30N6O3S. The van der Waals surface area contributed by atoms with Gasteiger partial charge in [-0.2, -0.15) is 10.4 Å². The van der Waals surface area contributed by atoms with Crippen LogP contribution >= 0.6 is 0 Å². The summed E-state index contributed by atoms with van der Waals surface area (Å²) in [4.78, 5) is 16.1. The molecule has 1 aromatic carbocycles. The Morgan fingerprint density at radius 2 is 1.97 bits per heavy atom. The van der Waals surface area contributed by atoms with Crippen LogP contribution in [0.15, 0.2) is 46.2 Å². The van der Waals surface area contributed by atoms with E-state index in [1.165, 1.54) is 6.92 Å². The van der Waals surface area contributed by atoms with Crippen molar-refractivity contribution in [1.29, 1.82) is 5.26 Å². The van der Waals surface area contributed by atoms with Crippen LogP contribution in [0, 0.1) is 24.2 Å². The lowest BCUT2D eigenvalue weighted by Gasteiger charge is -2.36. The third-order valence-corrected chi connectivity index (χ3v) is 7.55. The summed E-state index contributed by atoms with van der Waals surface area (Å²) < 4.78 is 22.2. The zero-order valence-corrected chi connectivity index (χ0v) is 20.8. The fourth-order valence-corrected chi connectivity index (χ4v) is 5.39. The van der Waals surface area contributed by atoms with Crippen LogP contribution < -0.4 is 10.9 Å². The van der Waals surface area contributed by atoms with Crippen molar-refractivity contribution in [3.8, 4) is 18.9 Å². The van der Waals surface area contributed by atoms with E-state index >= 15 is 0 Å². The van der Waals surface area contributed by atoms with E-state index in [-0.39, 0.29) is 11.6 Å². The van der Waals surface area contributed by atoms with E-state index < -0.39 is 11.0 Å². The van der Waals surface area contributed by atoms with Crippen LogP contribution in [-0.2, 0) is 15.7 Å². The number of nitrogens with zero attached hydrogens (tertiary/aromatic N) is 4. The molecule has 0 bridgehead atoms. The molecule has 3 aromatic rings. The molecule has 184 valence electrons. The number of aromatic amines is 1. The summed E-state index contributed by atoms with van der Waals surface area (Å²) in [6.45, 7) is 5.75. The van der Waals surface area contributed by atoms with Crippen molar-refractivity contribution >= 4 is 33.4 Å². The van der Waals surface area contributed by atoms with Gasteiger partial charge in [0.1, 0.15) is 16.4 Å². The predicted octanol–water partition coefficient (Wildman–Crippen LogP) is 3.72. The summed E-state index contributed by atoms with van der Waals surface area (Å²) in [5, 5.41) is 15.9. The number of H-pyrrole nitrogens is 1. The molecule has 0 saturated carbocycles. The standard InChI is InChI=1S/C21H25N5O3S.C2H3N.C2H2/c1-14-9-11-25(14)30(28)17-6-4-15(5-7-17)23-20-19-18(8-10-22-21(19)27)26(24-20)16-3-2-12-29-13-16;1-2-3;1-2/h4-8,10,14,16H,2-3,9,11-13H2,1H3,(H,22,27)(H,23,24);1H3;1-2H/t14?,16-,30?;;/m1../s1. The zero-order chi connectivity index (χ0) is 25.4. The second-order valence-electron chi connectivity index (χ2n) is 8.13. The van der Waals surface area contributed by atoms with Gasteiger partial charge in [0.15, 0.2) is 5.82 Å². The van der Waals surface area contributed by atoms with E-state index in [2.05, 4.69) is 30.1 Å². The highest BCUT2D eigenvalue weighted by atomic mass is 32.2. The molecule has 2 unspecified atom stereocenters. The number of ether oxygens (including phenoxy) is 1. The molecule has 2 aromatic heterocycles. The van der Waals surface area contributed by atoms with Gasteiger partial charge in [-0.25, -0.2) is 8.51 Å². The lowest BCUT2D eigenvalue weighted by molar-refractivity contribution is 0.0566. The van der Waals surface area contributed by atoms with Crippen LogP contribution in [0.1, 0.15) is 39.2 Å². The Kier molecular flexibility index (Phi) is 9.21. The summed E-state index contributed by atoms with van der Waals surface area (Å²) in [5.41, 5.74) is 1.41. The van der Waals surface area contributed by atoms with Crippen molar-refractivity contribution in [2.45, 2.75) is 50.1 Å². The minimum atomic E-state index is -1.13. The Hall–Kier alpha value is -3.44. The number of terminal acetylenes is 1. The number of benzene rings is 1. The van der Waals surface area contributed by atoms with Gasteiger partial charge in [0, 0.05) is 38.0 Å². The molecule has 9 nitrogen and oxygen atoms in total. The maximum atomic E-state index is 12.6. The van der Waals surface area contributed by atoms with Crippen LogP contribution in [0.4, 0.5) is 11.5 Å². The maximum Gasteiger partial charge on any atom is 0.261 e. The van der Waals surface area contributed by atoms with Gasteiger partial charge in [-0.05, 0) is 56.5 Å². The third kappa shape index (κ3) is 5.80.